The first kappa shape index (κ1) is 19.2. The number of likely N-dealkylation sites (tertiary alicyclic amines) is 1. The summed E-state index contributed by atoms with van der Waals surface area (Å²) in [6.07, 6.45) is -2.80. The monoisotopic (exact) mass is 323 g/mol. The smallest absolute Gasteiger partial charge is 0.341 e. The standard InChI is InChI=1S/C15H28F3N3O/c1-4-20(10-15(16,17)18)8-12-5-6-21(9-12)14(22)13(19)7-11(2)3/h11-13H,4-10,19H2,1-3H3/t12?,13-/m0/s1. The molecular weight excluding hydrogens is 295 g/mol. The number of nitrogens with two attached hydrogens (primary N) is 1. The average Bonchev–Trinajstić information content (AvgIpc) is 2.83. The van der Waals surface area contributed by atoms with E-state index in [9.17, 15) is 18.0 Å². The van der Waals surface area contributed by atoms with Gasteiger partial charge in [-0.2, -0.15) is 13.2 Å². The first-order valence-electron chi connectivity index (χ1n) is 7.95. The predicted molar refractivity (Wildman–Crippen MR) is 80.3 cm³/mol. The van der Waals surface area contributed by atoms with Crippen LogP contribution in [0.5, 0.6) is 0 Å². The highest BCUT2D eigenvalue weighted by Gasteiger charge is 2.34. The van der Waals surface area contributed by atoms with E-state index >= 15 is 0 Å². The maximum Gasteiger partial charge on any atom is 0.401 e. The van der Waals surface area contributed by atoms with Gasteiger partial charge in [-0.1, -0.05) is 20.8 Å². The molecule has 1 rings (SSSR count). The molecule has 1 amide bonds. The molecule has 0 spiro atoms. The van der Waals surface area contributed by atoms with Crippen molar-refractivity contribution in [3.63, 3.8) is 0 Å². The minimum atomic E-state index is -4.18. The summed E-state index contributed by atoms with van der Waals surface area (Å²) in [6, 6.07) is -0.504. The molecule has 0 aromatic rings. The molecule has 1 unspecified atom stereocenters. The largest absolute Gasteiger partial charge is 0.401 e. The van der Waals surface area contributed by atoms with Gasteiger partial charge in [-0.15, -0.1) is 0 Å². The molecule has 0 aromatic heterocycles. The lowest BCUT2D eigenvalue weighted by molar-refractivity contribution is -0.146. The summed E-state index contributed by atoms with van der Waals surface area (Å²) in [5, 5.41) is 0. The van der Waals surface area contributed by atoms with Crippen molar-refractivity contribution in [1.29, 1.82) is 0 Å². The van der Waals surface area contributed by atoms with Gasteiger partial charge in [0.05, 0.1) is 12.6 Å². The fraction of sp³-hybridized carbons (Fsp3) is 0.933. The Hall–Kier alpha value is -0.820. The van der Waals surface area contributed by atoms with Crippen molar-refractivity contribution in [2.45, 2.75) is 45.8 Å². The normalized spacial score (nSPS) is 21.0. The Kier molecular flexibility index (Phi) is 7.12. The molecule has 1 aliphatic rings. The summed E-state index contributed by atoms with van der Waals surface area (Å²) >= 11 is 0. The van der Waals surface area contributed by atoms with Crippen LogP contribution in [0.2, 0.25) is 0 Å². The van der Waals surface area contributed by atoms with Gasteiger partial charge in [0.2, 0.25) is 5.91 Å². The van der Waals surface area contributed by atoms with E-state index in [1.54, 1.807) is 11.8 Å². The SMILES string of the molecule is CCN(CC1CCN(C(=O)[C@@H](N)CC(C)C)C1)CC(F)(F)F. The molecule has 1 saturated heterocycles. The number of halogens is 3. The van der Waals surface area contributed by atoms with Gasteiger partial charge in [0.15, 0.2) is 0 Å². The van der Waals surface area contributed by atoms with Gasteiger partial charge in [0.1, 0.15) is 0 Å². The van der Waals surface area contributed by atoms with Crippen molar-refractivity contribution in [2.75, 3.05) is 32.7 Å². The van der Waals surface area contributed by atoms with Crippen molar-refractivity contribution in [1.82, 2.24) is 9.80 Å². The van der Waals surface area contributed by atoms with Gasteiger partial charge in [-0.25, -0.2) is 0 Å². The van der Waals surface area contributed by atoms with Gasteiger partial charge >= 0.3 is 6.18 Å². The van der Waals surface area contributed by atoms with Crippen LogP contribution in [0.1, 0.15) is 33.6 Å². The van der Waals surface area contributed by atoms with Crippen LogP contribution in [0.25, 0.3) is 0 Å². The first-order valence-corrected chi connectivity index (χ1v) is 7.95. The lowest BCUT2D eigenvalue weighted by atomic mass is 10.0. The lowest BCUT2D eigenvalue weighted by Crippen LogP contribution is -2.44. The maximum atomic E-state index is 12.5. The zero-order chi connectivity index (χ0) is 16.9. The van der Waals surface area contributed by atoms with Crippen LogP contribution in [0.4, 0.5) is 13.2 Å². The molecule has 22 heavy (non-hydrogen) atoms. The molecule has 0 aromatic carbocycles. The zero-order valence-corrected chi connectivity index (χ0v) is 13.7. The highest BCUT2D eigenvalue weighted by molar-refractivity contribution is 5.81. The van der Waals surface area contributed by atoms with Crippen LogP contribution < -0.4 is 5.73 Å². The van der Waals surface area contributed by atoms with Crippen LogP contribution >= 0.6 is 0 Å². The lowest BCUT2D eigenvalue weighted by Gasteiger charge is -2.26. The highest BCUT2D eigenvalue weighted by Crippen LogP contribution is 2.22. The Morgan fingerprint density at radius 3 is 2.55 bits per heavy atom. The van der Waals surface area contributed by atoms with E-state index in [1.807, 2.05) is 13.8 Å². The molecule has 1 aliphatic heterocycles. The topological polar surface area (TPSA) is 49.6 Å². The number of hydrogen-bond acceptors (Lipinski definition) is 3. The second-order valence-corrected chi connectivity index (χ2v) is 6.62. The van der Waals surface area contributed by atoms with Crippen molar-refractivity contribution in [2.24, 2.45) is 17.6 Å². The number of amides is 1. The van der Waals surface area contributed by atoms with E-state index in [-0.39, 0.29) is 11.8 Å². The number of rotatable bonds is 7. The van der Waals surface area contributed by atoms with Crippen molar-refractivity contribution in [3.8, 4) is 0 Å². The Morgan fingerprint density at radius 2 is 2.05 bits per heavy atom. The van der Waals surface area contributed by atoms with Crippen LogP contribution in [0.3, 0.4) is 0 Å². The maximum absolute atomic E-state index is 12.5. The van der Waals surface area contributed by atoms with E-state index in [0.717, 1.165) is 6.42 Å². The zero-order valence-electron chi connectivity index (χ0n) is 13.7. The van der Waals surface area contributed by atoms with Gasteiger partial charge in [-0.05, 0) is 31.2 Å². The molecule has 7 heteroatoms. The van der Waals surface area contributed by atoms with E-state index < -0.39 is 18.8 Å². The van der Waals surface area contributed by atoms with Gasteiger partial charge < -0.3 is 10.6 Å². The highest BCUT2D eigenvalue weighted by atomic mass is 19.4. The van der Waals surface area contributed by atoms with E-state index in [1.165, 1.54) is 4.90 Å². The summed E-state index contributed by atoms with van der Waals surface area (Å²) in [4.78, 5) is 15.3. The molecule has 2 N–H and O–H groups in total. The van der Waals surface area contributed by atoms with Crippen LogP contribution in [-0.4, -0.2) is 60.6 Å². The Morgan fingerprint density at radius 1 is 1.41 bits per heavy atom. The van der Waals surface area contributed by atoms with E-state index in [4.69, 9.17) is 5.73 Å². The molecule has 2 atom stereocenters. The molecule has 1 heterocycles. The fourth-order valence-corrected chi connectivity index (χ4v) is 2.95. The van der Waals surface area contributed by atoms with Crippen LogP contribution in [0.15, 0.2) is 0 Å². The van der Waals surface area contributed by atoms with Crippen molar-refractivity contribution < 1.29 is 18.0 Å². The van der Waals surface area contributed by atoms with Gasteiger partial charge in [-0.3, -0.25) is 9.69 Å². The number of nitrogens with zero attached hydrogens (tertiary/aromatic N) is 2. The molecule has 0 bridgehead atoms. The minimum Gasteiger partial charge on any atom is -0.341 e. The second kappa shape index (κ2) is 8.15. The molecule has 0 saturated carbocycles. The van der Waals surface area contributed by atoms with Crippen LogP contribution in [0, 0.1) is 11.8 Å². The summed E-state index contributed by atoms with van der Waals surface area (Å²) in [6.45, 7) is 6.70. The van der Waals surface area contributed by atoms with Crippen LogP contribution in [-0.2, 0) is 4.79 Å². The molecule has 1 fully saturated rings. The van der Waals surface area contributed by atoms with E-state index in [2.05, 4.69) is 0 Å². The molecular formula is C15H28F3N3O. The third-order valence-electron chi connectivity index (χ3n) is 4.01. The number of alkyl halides is 3. The molecule has 4 nitrogen and oxygen atoms in total. The fourth-order valence-electron chi connectivity index (χ4n) is 2.95. The average molecular weight is 323 g/mol. The van der Waals surface area contributed by atoms with Gasteiger partial charge in [0.25, 0.3) is 0 Å². The summed E-state index contributed by atoms with van der Waals surface area (Å²) in [5.41, 5.74) is 5.90. The third kappa shape index (κ3) is 6.52. The summed E-state index contributed by atoms with van der Waals surface area (Å²) < 4.78 is 37.4. The Bertz CT molecular complexity index is 360. The summed E-state index contributed by atoms with van der Waals surface area (Å²) in [5.74, 6) is 0.368. The predicted octanol–water partition coefficient (Wildman–Crippen LogP) is 2.09. The molecule has 0 aliphatic carbocycles. The number of carbonyl (C=O) groups excluding carboxylic acids is 1. The third-order valence-corrected chi connectivity index (χ3v) is 4.01. The van der Waals surface area contributed by atoms with Crippen molar-refractivity contribution in [3.05, 3.63) is 0 Å². The van der Waals surface area contributed by atoms with E-state index in [0.29, 0.717) is 38.5 Å². The molecule has 130 valence electrons. The molecule has 0 radical (unpaired) electrons. The summed E-state index contributed by atoms with van der Waals surface area (Å²) in [7, 11) is 0. The quantitative estimate of drug-likeness (QED) is 0.780. The van der Waals surface area contributed by atoms with Gasteiger partial charge in [0, 0.05) is 19.6 Å². The minimum absolute atomic E-state index is 0.0740. The Balaban J connectivity index is 2.46. The first-order chi connectivity index (χ1) is 10.1. The van der Waals surface area contributed by atoms with Crippen molar-refractivity contribution >= 4 is 5.91 Å². The number of hydrogen-bond donors (Lipinski definition) is 1. The Labute approximate surface area is 130 Å². The number of carbonyl (C=O) groups is 1. The second-order valence-electron chi connectivity index (χ2n) is 6.62.